The van der Waals surface area contributed by atoms with E-state index in [1.807, 2.05) is 0 Å². The van der Waals surface area contributed by atoms with Crippen molar-refractivity contribution in [1.29, 1.82) is 0 Å². The van der Waals surface area contributed by atoms with E-state index in [1.54, 1.807) is 0 Å². The summed E-state index contributed by atoms with van der Waals surface area (Å²) in [7, 11) is 0. The van der Waals surface area contributed by atoms with Crippen LogP contribution in [0.2, 0.25) is 0 Å². The molecule has 1 aliphatic carbocycles. The lowest BCUT2D eigenvalue weighted by Crippen LogP contribution is -2.35. The Morgan fingerprint density at radius 1 is 0.842 bits per heavy atom. The van der Waals surface area contributed by atoms with E-state index in [9.17, 15) is 0 Å². The molecule has 1 saturated carbocycles. The van der Waals surface area contributed by atoms with Crippen molar-refractivity contribution >= 4 is 11.6 Å². The summed E-state index contributed by atoms with van der Waals surface area (Å²) in [6, 6.07) is 0.850. The molecule has 0 N–H and O–H groups in total. The van der Waals surface area contributed by atoms with E-state index in [0.29, 0.717) is 0 Å². The van der Waals surface area contributed by atoms with E-state index >= 15 is 0 Å². The maximum Gasteiger partial charge on any atom is 0.0351 e. The Hall–Kier alpha value is 0.250. The lowest BCUT2D eigenvalue weighted by molar-refractivity contribution is 0.205. The molecule has 0 heterocycles. The van der Waals surface area contributed by atoms with Gasteiger partial charge in [-0.2, -0.15) is 0 Å². The normalized spacial score (nSPS) is 16.6. The van der Waals surface area contributed by atoms with Gasteiger partial charge in [-0.05, 0) is 25.8 Å². The van der Waals surface area contributed by atoms with Crippen LogP contribution < -0.4 is 0 Å². The van der Waals surface area contributed by atoms with Crippen molar-refractivity contribution in [3.63, 3.8) is 0 Å². The number of halogens is 1. The average molecular weight is 288 g/mol. The van der Waals surface area contributed by atoms with Gasteiger partial charge in [0.05, 0.1) is 0 Å². The molecular formula is C17H34ClN. The molecule has 114 valence electrons. The van der Waals surface area contributed by atoms with Crippen LogP contribution in [0.5, 0.6) is 0 Å². The standard InChI is InChI=1S/C17H34ClN/c1-2-3-4-5-6-7-8-11-15-19(16-14-18)17-12-9-10-13-17/h17H,2-16H2,1H3. The van der Waals surface area contributed by atoms with Crippen molar-refractivity contribution < 1.29 is 0 Å². The topological polar surface area (TPSA) is 3.24 Å². The van der Waals surface area contributed by atoms with Gasteiger partial charge in [-0.15, -0.1) is 11.6 Å². The maximum absolute atomic E-state index is 5.94. The van der Waals surface area contributed by atoms with E-state index in [-0.39, 0.29) is 0 Å². The SMILES string of the molecule is CCCCCCCCCCN(CCCl)C1CCCC1. The van der Waals surface area contributed by atoms with Gasteiger partial charge in [0, 0.05) is 18.5 Å². The molecule has 19 heavy (non-hydrogen) atoms. The molecule has 0 atom stereocenters. The summed E-state index contributed by atoms with van der Waals surface area (Å²) in [5.41, 5.74) is 0. The van der Waals surface area contributed by atoms with Gasteiger partial charge >= 0.3 is 0 Å². The van der Waals surface area contributed by atoms with Gasteiger partial charge in [0.1, 0.15) is 0 Å². The summed E-state index contributed by atoms with van der Waals surface area (Å²) < 4.78 is 0. The number of hydrogen-bond acceptors (Lipinski definition) is 1. The molecule has 0 aromatic heterocycles. The second-order valence-electron chi connectivity index (χ2n) is 6.14. The summed E-state index contributed by atoms with van der Waals surface area (Å²) in [5.74, 6) is 0.799. The highest BCUT2D eigenvalue weighted by Gasteiger charge is 2.21. The Kier molecular flexibility index (Phi) is 11.0. The van der Waals surface area contributed by atoms with Crippen molar-refractivity contribution in [2.45, 2.75) is 90.0 Å². The van der Waals surface area contributed by atoms with Crippen molar-refractivity contribution in [2.24, 2.45) is 0 Å². The van der Waals surface area contributed by atoms with E-state index in [2.05, 4.69) is 11.8 Å². The molecule has 1 nitrogen and oxygen atoms in total. The molecule has 1 aliphatic rings. The molecule has 1 rings (SSSR count). The van der Waals surface area contributed by atoms with Crippen molar-refractivity contribution in [3.8, 4) is 0 Å². The highest BCUT2D eigenvalue weighted by atomic mass is 35.5. The Bertz CT molecular complexity index is 190. The first kappa shape index (κ1) is 17.3. The van der Waals surface area contributed by atoms with Gasteiger partial charge in [0.25, 0.3) is 0 Å². The van der Waals surface area contributed by atoms with Crippen LogP contribution in [0.25, 0.3) is 0 Å². The summed E-state index contributed by atoms with van der Waals surface area (Å²) in [5, 5.41) is 0. The molecular weight excluding hydrogens is 254 g/mol. The summed E-state index contributed by atoms with van der Waals surface area (Å²) in [6.45, 7) is 4.67. The third-order valence-corrected chi connectivity index (χ3v) is 4.68. The van der Waals surface area contributed by atoms with Gasteiger partial charge in [-0.3, -0.25) is 4.90 Å². The molecule has 0 amide bonds. The monoisotopic (exact) mass is 287 g/mol. The van der Waals surface area contributed by atoms with Gasteiger partial charge in [0.15, 0.2) is 0 Å². The molecule has 0 bridgehead atoms. The van der Waals surface area contributed by atoms with Crippen molar-refractivity contribution in [3.05, 3.63) is 0 Å². The quantitative estimate of drug-likeness (QED) is 0.333. The van der Waals surface area contributed by atoms with Crippen LogP contribution in [0, 0.1) is 0 Å². The molecule has 0 spiro atoms. The third kappa shape index (κ3) is 8.19. The first-order chi connectivity index (χ1) is 9.38. The highest BCUT2D eigenvalue weighted by Crippen LogP contribution is 2.23. The summed E-state index contributed by atoms with van der Waals surface area (Å²) >= 11 is 5.94. The molecule has 0 radical (unpaired) electrons. The molecule has 0 aromatic carbocycles. The van der Waals surface area contributed by atoms with E-state index < -0.39 is 0 Å². The zero-order valence-corrected chi connectivity index (χ0v) is 13.8. The van der Waals surface area contributed by atoms with Crippen molar-refractivity contribution in [1.82, 2.24) is 4.90 Å². The molecule has 2 heteroatoms. The van der Waals surface area contributed by atoms with Crippen LogP contribution >= 0.6 is 11.6 Å². The number of nitrogens with zero attached hydrogens (tertiary/aromatic N) is 1. The number of rotatable bonds is 12. The second kappa shape index (κ2) is 12.0. The number of hydrogen-bond donors (Lipinski definition) is 0. The van der Waals surface area contributed by atoms with Gasteiger partial charge in [-0.1, -0.05) is 64.7 Å². The fraction of sp³-hybridized carbons (Fsp3) is 1.00. The average Bonchev–Trinajstić information content (AvgIpc) is 2.94. The van der Waals surface area contributed by atoms with Crippen LogP contribution in [0.1, 0.15) is 84.0 Å². The zero-order chi connectivity index (χ0) is 13.8. The van der Waals surface area contributed by atoms with Gasteiger partial charge < -0.3 is 0 Å². The van der Waals surface area contributed by atoms with Gasteiger partial charge in [-0.25, -0.2) is 0 Å². The number of unbranched alkanes of at least 4 members (excludes halogenated alkanes) is 7. The summed E-state index contributed by atoms with van der Waals surface area (Å²) in [6.07, 6.45) is 17.0. The molecule has 1 fully saturated rings. The minimum Gasteiger partial charge on any atom is -0.299 e. The van der Waals surface area contributed by atoms with E-state index in [1.165, 1.54) is 83.6 Å². The molecule has 0 aromatic rings. The van der Waals surface area contributed by atoms with E-state index in [4.69, 9.17) is 11.6 Å². The smallest absolute Gasteiger partial charge is 0.0351 e. The lowest BCUT2D eigenvalue weighted by Gasteiger charge is -2.28. The fourth-order valence-electron chi connectivity index (χ4n) is 3.30. The first-order valence-corrected chi connectivity index (χ1v) is 9.22. The molecule has 0 saturated heterocycles. The maximum atomic E-state index is 5.94. The minimum atomic E-state index is 0.799. The predicted molar refractivity (Wildman–Crippen MR) is 87.2 cm³/mol. The molecule has 0 aliphatic heterocycles. The Balaban J connectivity index is 1.98. The minimum absolute atomic E-state index is 0.799. The Morgan fingerprint density at radius 3 is 2.00 bits per heavy atom. The van der Waals surface area contributed by atoms with Crippen LogP contribution in [0.3, 0.4) is 0 Å². The summed E-state index contributed by atoms with van der Waals surface area (Å²) in [4.78, 5) is 2.66. The predicted octanol–water partition coefficient (Wildman–Crippen LogP) is 5.61. The zero-order valence-electron chi connectivity index (χ0n) is 13.0. The Labute approximate surface area is 126 Å². The van der Waals surface area contributed by atoms with Crippen molar-refractivity contribution in [2.75, 3.05) is 19.0 Å². The lowest BCUT2D eigenvalue weighted by atomic mass is 10.1. The fourth-order valence-corrected chi connectivity index (χ4v) is 3.52. The van der Waals surface area contributed by atoms with Gasteiger partial charge in [0.2, 0.25) is 0 Å². The number of alkyl halides is 1. The van der Waals surface area contributed by atoms with Crippen LogP contribution in [0.15, 0.2) is 0 Å². The third-order valence-electron chi connectivity index (χ3n) is 4.51. The second-order valence-corrected chi connectivity index (χ2v) is 6.52. The van der Waals surface area contributed by atoms with E-state index in [0.717, 1.165) is 18.5 Å². The Morgan fingerprint density at radius 2 is 1.42 bits per heavy atom. The van der Waals surface area contributed by atoms with Crippen LogP contribution in [0.4, 0.5) is 0 Å². The highest BCUT2D eigenvalue weighted by molar-refractivity contribution is 6.18. The van der Waals surface area contributed by atoms with Crippen LogP contribution in [-0.2, 0) is 0 Å². The first-order valence-electron chi connectivity index (χ1n) is 8.68. The molecule has 0 unspecified atom stereocenters. The largest absolute Gasteiger partial charge is 0.299 e. The van der Waals surface area contributed by atoms with Crippen LogP contribution in [-0.4, -0.2) is 29.9 Å².